The van der Waals surface area contributed by atoms with Crippen molar-refractivity contribution in [1.82, 2.24) is 4.90 Å². The molecule has 20 heavy (non-hydrogen) atoms. The summed E-state index contributed by atoms with van der Waals surface area (Å²) in [4.78, 5) is 13.9. The molecule has 1 atom stereocenters. The molecular weight excluding hydrogens is 260 g/mol. The van der Waals surface area contributed by atoms with Crippen LogP contribution in [0.5, 0.6) is 5.75 Å². The van der Waals surface area contributed by atoms with Crippen LogP contribution in [-0.2, 0) is 9.47 Å². The molecule has 1 heterocycles. The van der Waals surface area contributed by atoms with E-state index in [9.17, 15) is 4.79 Å². The molecule has 0 radical (unpaired) electrons. The third-order valence-electron chi connectivity index (χ3n) is 3.17. The first kappa shape index (κ1) is 14.6. The van der Waals surface area contributed by atoms with Gasteiger partial charge in [-0.25, -0.2) is 4.79 Å². The van der Waals surface area contributed by atoms with Gasteiger partial charge in [-0.15, -0.1) is 0 Å². The number of hydrogen-bond donors (Lipinski definition) is 1. The fraction of sp³-hybridized carbons (Fsp3) is 0.500. The Bertz CT molecular complexity index is 453. The summed E-state index contributed by atoms with van der Waals surface area (Å²) < 4.78 is 15.8. The van der Waals surface area contributed by atoms with Crippen molar-refractivity contribution in [3.05, 3.63) is 24.3 Å². The van der Waals surface area contributed by atoms with Crippen LogP contribution in [0.3, 0.4) is 0 Å². The summed E-state index contributed by atoms with van der Waals surface area (Å²) in [5, 5.41) is 2.85. The number of nitrogens with one attached hydrogen (secondary N) is 1. The molecule has 1 N–H and O–H groups in total. The van der Waals surface area contributed by atoms with Gasteiger partial charge in [0.2, 0.25) is 0 Å². The van der Waals surface area contributed by atoms with Gasteiger partial charge in [-0.05, 0) is 12.1 Å². The molecule has 1 aliphatic rings. The first-order valence-corrected chi connectivity index (χ1v) is 6.53. The summed E-state index contributed by atoms with van der Waals surface area (Å²) in [5.74, 6) is 0.705. The van der Waals surface area contributed by atoms with Crippen molar-refractivity contribution in [2.75, 3.05) is 45.8 Å². The maximum atomic E-state index is 12.2. The van der Waals surface area contributed by atoms with Crippen molar-refractivity contribution in [3.63, 3.8) is 0 Å². The van der Waals surface area contributed by atoms with E-state index in [1.807, 2.05) is 18.2 Å². The summed E-state index contributed by atoms with van der Waals surface area (Å²) in [6, 6.07) is 7.10. The Kier molecular flexibility index (Phi) is 5.20. The average Bonchev–Trinajstić information content (AvgIpc) is 2.73. The molecule has 0 spiro atoms. The second-order valence-electron chi connectivity index (χ2n) is 4.54. The molecule has 2 amide bonds. The minimum Gasteiger partial charge on any atom is -0.497 e. The Hall–Kier alpha value is -1.79. The Labute approximate surface area is 118 Å². The number of amides is 2. The third kappa shape index (κ3) is 3.85. The number of carbonyl (C=O) groups is 1. The van der Waals surface area contributed by atoms with Crippen LogP contribution in [0.25, 0.3) is 0 Å². The van der Waals surface area contributed by atoms with E-state index in [4.69, 9.17) is 14.2 Å². The number of rotatable bonds is 3. The van der Waals surface area contributed by atoms with Gasteiger partial charge in [0.15, 0.2) is 0 Å². The smallest absolute Gasteiger partial charge is 0.322 e. The van der Waals surface area contributed by atoms with E-state index in [1.165, 1.54) is 0 Å². The summed E-state index contributed by atoms with van der Waals surface area (Å²) in [5.41, 5.74) is 0.702. The molecule has 1 aromatic carbocycles. The van der Waals surface area contributed by atoms with Crippen molar-refractivity contribution in [3.8, 4) is 5.75 Å². The van der Waals surface area contributed by atoms with Crippen LogP contribution in [0.1, 0.15) is 0 Å². The number of nitrogens with zero attached hydrogens (tertiary/aromatic N) is 1. The SMILES string of the molecule is COc1cccc(NC(=O)N2CCOC[C@H](OC)C2)c1. The number of benzene rings is 1. The van der Waals surface area contributed by atoms with Crippen molar-refractivity contribution in [2.24, 2.45) is 0 Å². The molecule has 2 rings (SSSR count). The predicted octanol–water partition coefficient (Wildman–Crippen LogP) is 1.57. The topological polar surface area (TPSA) is 60.0 Å². The van der Waals surface area contributed by atoms with Gasteiger partial charge in [-0.2, -0.15) is 0 Å². The van der Waals surface area contributed by atoms with Gasteiger partial charge in [-0.1, -0.05) is 6.07 Å². The van der Waals surface area contributed by atoms with Crippen LogP contribution in [0.4, 0.5) is 10.5 Å². The molecule has 1 aliphatic heterocycles. The second kappa shape index (κ2) is 7.12. The maximum absolute atomic E-state index is 12.2. The van der Waals surface area contributed by atoms with E-state index in [0.717, 1.165) is 0 Å². The van der Waals surface area contributed by atoms with Gasteiger partial charge in [-0.3, -0.25) is 0 Å². The Morgan fingerprint density at radius 2 is 2.30 bits per heavy atom. The number of anilines is 1. The summed E-state index contributed by atoms with van der Waals surface area (Å²) >= 11 is 0. The quantitative estimate of drug-likeness (QED) is 0.913. The normalized spacial score (nSPS) is 19.3. The minimum absolute atomic E-state index is 0.0893. The molecule has 1 saturated heterocycles. The van der Waals surface area contributed by atoms with Gasteiger partial charge in [0.25, 0.3) is 0 Å². The van der Waals surface area contributed by atoms with Gasteiger partial charge in [0.05, 0.1) is 33.0 Å². The minimum atomic E-state index is -0.161. The maximum Gasteiger partial charge on any atom is 0.322 e. The van der Waals surface area contributed by atoms with E-state index in [1.54, 1.807) is 25.2 Å². The number of ether oxygens (including phenoxy) is 3. The first-order chi connectivity index (χ1) is 9.72. The lowest BCUT2D eigenvalue weighted by Gasteiger charge is -2.23. The van der Waals surface area contributed by atoms with Crippen LogP contribution in [0.2, 0.25) is 0 Å². The van der Waals surface area contributed by atoms with Gasteiger partial charge >= 0.3 is 6.03 Å². The van der Waals surface area contributed by atoms with Crippen molar-refractivity contribution >= 4 is 11.7 Å². The van der Waals surface area contributed by atoms with Crippen LogP contribution in [0, 0.1) is 0 Å². The van der Waals surface area contributed by atoms with E-state index in [2.05, 4.69) is 5.32 Å². The number of hydrogen-bond acceptors (Lipinski definition) is 4. The van der Waals surface area contributed by atoms with Crippen LogP contribution in [-0.4, -0.2) is 57.6 Å². The lowest BCUT2D eigenvalue weighted by molar-refractivity contribution is 0.0248. The molecule has 0 bridgehead atoms. The largest absolute Gasteiger partial charge is 0.497 e. The standard InChI is InChI=1S/C14H20N2O4/c1-18-12-5-3-4-11(8-12)15-14(17)16-6-7-20-10-13(9-16)19-2/h3-5,8,13H,6-7,9-10H2,1-2H3,(H,15,17)/t13-/m1/s1. The highest BCUT2D eigenvalue weighted by Gasteiger charge is 2.22. The fourth-order valence-corrected chi connectivity index (χ4v) is 2.01. The molecule has 6 nitrogen and oxygen atoms in total. The Morgan fingerprint density at radius 1 is 1.45 bits per heavy atom. The van der Waals surface area contributed by atoms with Crippen LogP contribution < -0.4 is 10.1 Å². The summed E-state index contributed by atoms with van der Waals surface area (Å²) in [7, 11) is 3.22. The number of methoxy groups -OCH3 is 2. The molecule has 0 saturated carbocycles. The van der Waals surface area contributed by atoms with Crippen molar-refractivity contribution in [1.29, 1.82) is 0 Å². The fourth-order valence-electron chi connectivity index (χ4n) is 2.01. The van der Waals surface area contributed by atoms with E-state index in [-0.39, 0.29) is 12.1 Å². The number of urea groups is 1. The Balaban J connectivity index is 1.99. The lowest BCUT2D eigenvalue weighted by atomic mass is 10.3. The van der Waals surface area contributed by atoms with Gasteiger partial charge < -0.3 is 24.4 Å². The van der Waals surface area contributed by atoms with Crippen LogP contribution >= 0.6 is 0 Å². The Morgan fingerprint density at radius 3 is 3.05 bits per heavy atom. The zero-order valence-corrected chi connectivity index (χ0v) is 11.8. The molecule has 1 fully saturated rings. The van der Waals surface area contributed by atoms with Gasteiger partial charge in [0.1, 0.15) is 5.75 Å². The summed E-state index contributed by atoms with van der Waals surface area (Å²) in [6.07, 6.45) is -0.0893. The molecule has 1 aromatic rings. The summed E-state index contributed by atoms with van der Waals surface area (Å²) in [6.45, 7) is 2.10. The zero-order valence-electron chi connectivity index (χ0n) is 11.8. The zero-order chi connectivity index (χ0) is 14.4. The second-order valence-corrected chi connectivity index (χ2v) is 4.54. The molecule has 0 aromatic heterocycles. The molecule has 6 heteroatoms. The monoisotopic (exact) mass is 280 g/mol. The third-order valence-corrected chi connectivity index (χ3v) is 3.17. The average molecular weight is 280 g/mol. The molecular formula is C14H20N2O4. The first-order valence-electron chi connectivity index (χ1n) is 6.53. The van der Waals surface area contributed by atoms with Crippen molar-refractivity contribution in [2.45, 2.75) is 6.10 Å². The van der Waals surface area contributed by atoms with E-state index >= 15 is 0 Å². The highest BCUT2D eigenvalue weighted by atomic mass is 16.5. The highest BCUT2D eigenvalue weighted by molar-refractivity contribution is 5.89. The van der Waals surface area contributed by atoms with Crippen LogP contribution in [0.15, 0.2) is 24.3 Å². The molecule has 110 valence electrons. The lowest BCUT2D eigenvalue weighted by Crippen LogP contribution is -2.41. The van der Waals surface area contributed by atoms with Crippen molar-refractivity contribution < 1.29 is 19.0 Å². The molecule has 0 unspecified atom stereocenters. The van der Waals surface area contributed by atoms with E-state index in [0.29, 0.717) is 37.7 Å². The molecule has 0 aliphatic carbocycles. The van der Waals surface area contributed by atoms with Gasteiger partial charge in [0, 0.05) is 25.4 Å². The van der Waals surface area contributed by atoms with E-state index < -0.39 is 0 Å². The highest BCUT2D eigenvalue weighted by Crippen LogP contribution is 2.17. The predicted molar refractivity (Wildman–Crippen MR) is 75.2 cm³/mol. The number of carbonyl (C=O) groups excluding carboxylic acids is 1.